The predicted molar refractivity (Wildman–Crippen MR) is 73.9 cm³/mol. The van der Waals surface area contributed by atoms with Crippen LogP contribution in [0.15, 0.2) is 4.52 Å². The van der Waals surface area contributed by atoms with Gasteiger partial charge in [-0.1, -0.05) is 12.1 Å². The average molecular weight is 281 g/mol. The molecule has 0 aromatic carbocycles. The van der Waals surface area contributed by atoms with Gasteiger partial charge in [0.25, 0.3) is 0 Å². The van der Waals surface area contributed by atoms with Crippen LogP contribution in [0, 0.1) is 0 Å². The van der Waals surface area contributed by atoms with Crippen molar-refractivity contribution in [2.75, 3.05) is 26.2 Å². The number of carbonyl (C=O) groups is 1. The number of nitrogens with zero attached hydrogens (tertiary/aromatic N) is 4. The van der Waals surface area contributed by atoms with Gasteiger partial charge in [0.2, 0.25) is 11.8 Å². The third-order valence-electron chi connectivity index (χ3n) is 3.72. The Balaban J connectivity index is 1.91. The normalized spacial score (nSPS) is 19.9. The molecule has 7 heteroatoms. The van der Waals surface area contributed by atoms with Crippen LogP contribution < -0.4 is 5.73 Å². The van der Waals surface area contributed by atoms with Gasteiger partial charge < -0.3 is 15.2 Å². The van der Waals surface area contributed by atoms with Gasteiger partial charge in [-0.25, -0.2) is 0 Å². The number of carbonyl (C=O) groups excluding carboxylic acids is 1. The maximum absolute atomic E-state index is 11.8. The van der Waals surface area contributed by atoms with Gasteiger partial charge in [0.15, 0.2) is 5.82 Å². The SMILES string of the molecule is CCc1noc(C(C)N2CCN(C(=O)C(C)N)CC2)n1. The van der Waals surface area contributed by atoms with Crippen LogP contribution in [0.3, 0.4) is 0 Å². The molecule has 2 atom stereocenters. The summed E-state index contributed by atoms with van der Waals surface area (Å²) >= 11 is 0. The molecule has 2 N–H and O–H groups in total. The van der Waals surface area contributed by atoms with E-state index in [0.29, 0.717) is 19.0 Å². The third-order valence-corrected chi connectivity index (χ3v) is 3.72. The Morgan fingerprint density at radius 3 is 2.50 bits per heavy atom. The topological polar surface area (TPSA) is 88.5 Å². The highest BCUT2D eigenvalue weighted by atomic mass is 16.5. The monoisotopic (exact) mass is 281 g/mol. The van der Waals surface area contributed by atoms with E-state index in [0.717, 1.165) is 25.3 Å². The Hall–Kier alpha value is -1.47. The Morgan fingerprint density at radius 2 is 2.00 bits per heavy atom. The van der Waals surface area contributed by atoms with E-state index in [1.807, 2.05) is 11.8 Å². The first kappa shape index (κ1) is 14.9. The highest BCUT2D eigenvalue weighted by molar-refractivity contribution is 5.81. The lowest BCUT2D eigenvalue weighted by Crippen LogP contribution is -2.52. The number of nitrogens with two attached hydrogens (primary N) is 1. The number of rotatable bonds is 4. The van der Waals surface area contributed by atoms with E-state index in [-0.39, 0.29) is 11.9 Å². The largest absolute Gasteiger partial charge is 0.339 e. The van der Waals surface area contributed by atoms with E-state index in [1.165, 1.54) is 0 Å². The molecule has 0 bridgehead atoms. The zero-order chi connectivity index (χ0) is 14.7. The molecule has 20 heavy (non-hydrogen) atoms. The van der Waals surface area contributed by atoms with Crippen LogP contribution in [0.5, 0.6) is 0 Å². The second-order valence-corrected chi connectivity index (χ2v) is 5.23. The molecule has 1 fully saturated rings. The summed E-state index contributed by atoms with van der Waals surface area (Å²) in [5.74, 6) is 1.40. The molecule has 2 unspecified atom stereocenters. The van der Waals surface area contributed by atoms with Crippen molar-refractivity contribution in [3.05, 3.63) is 11.7 Å². The molecule has 1 aromatic rings. The van der Waals surface area contributed by atoms with Crippen molar-refractivity contribution >= 4 is 5.91 Å². The first-order chi connectivity index (χ1) is 9.52. The Bertz CT molecular complexity index is 451. The molecule has 0 spiro atoms. The minimum Gasteiger partial charge on any atom is -0.339 e. The van der Waals surface area contributed by atoms with Crippen LogP contribution in [0.2, 0.25) is 0 Å². The van der Waals surface area contributed by atoms with E-state index in [9.17, 15) is 4.79 Å². The van der Waals surface area contributed by atoms with E-state index in [2.05, 4.69) is 22.0 Å². The fraction of sp³-hybridized carbons (Fsp3) is 0.769. The molecule has 112 valence electrons. The Labute approximate surface area is 119 Å². The van der Waals surface area contributed by atoms with Crippen LogP contribution in [0.4, 0.5) is 0 Å². The summed E-state index contributed by atoms with van der Waals surface area (Å²) in [5, 5.41) is 3.92. The zero-order valence-corrected chi connectivity index (χ0v) is 12.4. The molecule has 0 aliphatic carbocycles. The highest BCUT2D eigenvalue weighted by Crippen LogP contribution is 2.20. The second kappa shape index (κ2) is 6.32. The van der Waals surface area contributed by atoms with Gasteiger partial charge in [-0.05, 0) is 13.8 Å². The molecule has 2 heterocycles. The van der Waals surface area contributed by atoms with Gasteiger partial charge in [-0.3, -0.25) is 9.69 Å². The molecule has 1 aliphatic rings. The van der Waals surface area contributed by atoms with Crippen molar-refractivity contribution in [1.29, 1.82) is 0 Å². The maximum Gasteiger partial charge on any atom is 0.243 e. The number of amides is 1. The van der Waals surface area contributed by atoms with Gasteiger partial charge in [-0.15, -0.1) is 0 Å². The van der Waals surface area contributed by atoms with Crippen LogP contribution >= 0.6 is 0 Å². The van der Waals surface area contributed by atoms with Gasteiger partial charge in [0, 0.05) is 32.6 Å². The molecule has 0 radical (unpaired) electrons. The molecule has 1 aromatic heterocycles. The van der Waals surface area contributed by atoms with Crippen LogP contribution in [0.1, 0.15) is 38.5 Å². The summed E-state index contributed by atoms with van der Waals surface area (Å²) < 4.78 is 5.28. The minimum absolute atomic E-state index is 0.0170. The molecular weight excluding hydrogens is 258 g/mol. The summed E-state index contributed by atoms with van der Waals surface area (Å²) in [6, 6.07) is -0.350. The lowest BCUT2D eigenvalue weighted by atomic mass is 10.2. The number of hydrogen-bond acceptors (Lipinski definition) is 6. The lowest BCUT2D eigenvalue weighted by molar-refractivity contribution is -0.134. The number of piperazine rings is 1. The molecule has 1 amide bonds. The van der Waals surface area contributed by atoms with Gasteiger partial charge in [-0.2, -0.15) is 4.98 Å². The smallest absolute Gasteiger partial charge is 0.243 e. The van der Waals surface area contributed by atoms with Crippen molar-refractivity contribution in [1.82, 2.24) is 19.9 Å². The molecular formula is C13H23N5O2. The first-order valence-electron chi connectivity index (χ1n) is 7.13. The third kappa shape index (κ3) is 3.16. The molecule has 0 saturated carbocycles. The fourth-order valence-electron chi connectivity index (χ4n) is 2.35. The highest BCUT2D eigenvalue weighted by Gasteiger charge is 2.28. The quantitative estimate of drug-likeness (QED) is 0.847. The van der Waals surface area contributed by atoms with Crippen molar-refractivity contribution in [3.8, 4) is 0 Å². The van der Waals surface area contributed by atoms with Crippen molar-refractivity contribution in [2.45, 2.75) is 39.3 Å². The summed E-state index contributed by atoms with van der Waals surface area (Å²) in [6.45, 7) is 8.75. The predicted octanol–water partition coefficient (Wildman–Crippen LogP) is 0.184. The number of aromatic nitrogens is 2. The van der Waals surface area contributed by atoms with E-state index < -0.39 is 6.04 Å². The summed E-state index contributed by atoms with van der Waals surface area (Å²) in [7, 11) is 0. The molecule has 2 rings (SSSR count). The van der Waals surface area contributed by atoms with Gasteiger partial charge in [0.1, 0.15) is 0 Å². The standard InChI is InChI=1S/C13H23N5O2/c1-4-11-15-12(20-16-11)10(3)17-5-7-18(8-6-17)13(19)9(2)14/h9-10H,4-8,14H2,1-3H3. The summed E-state index contributed by atoms with van der Waals surface area (Å²) in [5.41, 5.74) is 5.63. The van der Waals surface area contributed by atoms with Crippen molar-refractivity contribution in [2.24, 2.45) is 5.73 Å². The Kier molecular flexibility index (Phi) is 4.72. The molecule has 1 saturated heterocycles. The van der Waals surface area contributed by atoms with Crippen molar-refractivity contribution in [3.63, 3.8) is 0 Å². The number of hydrogen-bond donors (Lipinski definition) is 1. The second-order valence-electron chi connectivity index (χ2n) is 5.23. The van der Waals surface area contributed by atoms with E-state index >= 15 is 0 Å². The Morgan fingerprint density at radius 1 is 1.35 bits per heavy atom. The van der Waals surface area contributed by atoms with Crippen LogP contribution in [-0.2, 0) is 11.2 Å². The summed E-state index contributed by atoms with van der Waals surface area (Å²) in [4.78, 5) is 20.3. The zero-order valence-electron chi connectivity index (χ0n) is 12.4. The van der Waals surface area contributed by atoms with Crippen LogP contribution in [-0.4, -0.2) is 58.1 Å². The van der Waals surface area contributed by atoms with Gasteiger partial charge >= 0.3 is 0 Å². The van der Waals surface area contributed by atoms with E-state index in [4.69, 9.17) is 10.3 Å². The fourth-order valence-corrected chi connectivity index (χ4v) is 2.35. The van der Waals surface area contributed by atoms with Gasteiger partial charge in [0.05, 0.1) is 12.1 Å². The maximum atomic E-state index is 11.8. The molecule has 7 nitrogen and oxygen atoms in total. The number of aryl methyl sites for hydroxylation is 1. The first-order valence-corrected chi connectivity index (χ1v) is 7.13. The lowest BCUT2D eigenvalue weighted by Gasteiger charge is -2.37. The van der Waals surface area contributed by atoms with Crippen molar-refractivity contribution < 1.29 is 9.32 Å². The van der Waals surface area contributed by atoms with E-state index in [1.54, 1.807) is 6.92 Å². The molecule has 1 aliphatic heterocycles. The average Bonchev–Trinajstić information content (AvgIpc) is 2.94. The minimum atomic E-state index is -0.429. The van der Waals surface area contributed by atoms with Crippen LogP contribution in [0.25, 0.3) is 0 Å². The summed E-state index contributed by atoms with van der Waals surface area (Å²) in [6.07, 6.45) is 0.771.